The minimum atomic E-state index is -2.88. The molecular weight excluding hydrogens is 976 g/mol. The molecule has 0 atom stereocenters. The molecule has 3 aliphatic heterocycles. The molecule has 3 aliphatic rings. The van der Waals surface area contributed by atoms with Gasteiger partial charge in [0.05, 0.1) is 5.69 Å². The maximum absolute atomic E-state index is 2.88. The van der Waals surface area contributed by atoms with E-state index in [2.05, 4.69) is 300 Å². The molecule has 0 aliphatic carbocycles. The molecule has 78 heavy (non-hydrogen) atoms. The molecular formula is C73H59BN2SSi. The van der Waals surface area contributed by atoms with Crippen LogP contribution in [0.3, 0.4) is 0 Å². The standard InChI is InChI=1S/C73H59BN2SSi/c1-48-31-36-55(37-32-48)75(65-43-53(34-33-50(65)3)51-21-11-7-12-22-51)56-38-39-62-68(45-56)77-69-42-49(2)41-67-72(69)74(62)63-47-71-61(46-66(63)76(67)64-40-35-54(73(4,5)6)44-60(64)52-23-13-8-14-24-52)59-29-19-20-30-70(59)78(71,57-25-15-9-16-26-57)58-27-17-10-18-28-58/h7-47H,1-6H3. The first-order valence-electron chi connectivity index (χ1n) is 27.4. The Morgan fingerprint density at radius 3 is 1.76 bits per heavy atom. The SMILES string of the molecule is Cc1ccc(N(c2ccc3c(c2)Sc2cc(C)cc4c2B3c2cc3c(cc2N4c2ccc(C(C)(C)C)cc2-c2ccccc2)-c2ccccc2[Si]3(c2ccccc2)c2ccccc2)c2cc(-c3ccccc3)ccc2C)cc1. The van der Waals surface area contributed by atoms with Gasteiger partial charge in [-0.2, -0.15) is 0 Å². The number of rotatable bonds is 8. The van der Waals surface area contributed by atoms with Crippen LogP contribution in [-0.2, 0) is 5.41 Å². The van der Waals surface area contributed by atoms with E-state index in [9.17, 15) is 0 Å². The molecule has 0 amide bonds. The predicted molar refractivity (Wildman–Crippen MR) is 337 cm³/mol. The molecule has 0 radical (unpaired) electrons. The lowest BCUT2D eigenvalue weighted by atomic mass is 9.34. The van der Waals surface area contributed by atoms with Gasteiger partial charge in [-0.05, 0) is 163 Å². The summed E-state index contributed by atoms with van der Waals surface area (Å²) in [5.41, 5.74) is 23.7. The number of hydrogen-bond acceptors (Lipinski definition) is 3. The highest BCUT2D eigenvalue weighted by Gasteiger charge is 2.51. The molecule has 2 nitrogen and oxygen atoms in total. The summed E-state index contributed by atoms with van der Waals surface area (Å²) in [5.74, 6) is 0. The highest BCUT2D eigenvalue weighted by molar-refractivity contribution is 8.00. The van der Waals surface area contributed by atoms with Crippen LogP contribution in [-0.4, -0.2) is 14.8 Å². The van der Waals surface area contributed by atoms with E-state index in [4.69, 9.17) is 0 Å². The Labute approximate surface area is 465 Å². The number of fused-ring (bicyclic) bond motifs is 7. The molecule has 5 heteroatoms. The molecule has 0 bridgehead atoms. The van der Waals surface area contributed by atoms with Gasteiger partial charge < -0.3 is 9.80 Å². The third-order valence-electron chi connectivity index (χ3n) is 16.8. The van der Waals surface area contributed by atoms with Gasteiger partial charge in [-0.1, -0.05) is 232 Å². The maximum Gasteiger partial charge on any atom is 0.249 e. The molecule has 11 aromatic carbocycles. The second kappa shape index (κ2) is 18.7. The zero-order valence-electron chi connectivity index (χ0n) is 45.1. The van der Waals surface area contributed by atoms with Crippen molar-refractivity contribution in [2.75, 3.05) is 9.80 Å². The molecule has 3 heterocycles. The zero-order valence-corrected chi connectivity index (χ0v) is 46.9. The Morgan fingerprint density at radius 2 is 1.06 bits per heavy atom. The van der Waals surface area contributed by atoms with E-state index in [1.54, 1.807) is 0 Å². The molecule has 11 aromatic rings. The Balaban J connectivity index is 1.05. The molecule has 0 N–H and O–H groups in total. The van der Waals surface area contributed by atoms with Crippen LogP contribution in [0.15, 0.2) is 259 Å². The average molecular weight is 1040 g/mol. The van der Waals surface area contributed by atoms with Crippen molar-refractivity contribution in [2.24, 2.45) is 0 Å². The van der Waals surface area contributed by atoms with Crippen LogP contribution in [0.1, 0.15) is 43.0 Å². The van der Waals surface area contributed by atoms with Crippen molar-refractivity contribution in [2.45, 2.75) is 56.7 Å². The minimum Gasteiger partial charge on any atom is -0.311 e. The Hall–Kier alpha value is -8.35. The number of hydrogen-bond donors (Lipinski definition) is 0. The number of aryl methyl sites for hydroxylation is 3. The van der Waals surface area contributed by atoms with Crippen LogP contribution < -0.4 is 46.9 Å². The normalized spacial score (nSPS) is 13.5. The zero-order chi connectivity index (χ0) is 52.9. The first-order chi connectivity index (χ1) is 38.0. The summed E-state index contributed by atoms with van der Waals surface area (Å²) >= 11 is 1.93. The van der Waals surface area contributed by atoms with Crippen LogP contribution in [0.4, 0.5) is 34.1 Å². The fourth-order valence-electron chi connectivity index (χ4n) is 13.0. The van der Waals surface area contributed by atoms with Gasteiger partial charge in [0.1, 0.15) is 0 Å². The fraction of sp³-hybridized carbons (Fsp3) is 0.0959. The van der Waals surface area contributed by atoms with E-state index in [-0.39, 0.29) is 12.1 Å². The molecule has 0 saturated carbocycles. The van der Waals surface area contributed by atoms with E-state index in [0.29, 0.717) is 0 Å². The summed E-state index contributed by atoms with van der Waals surface area (Å²) in [6.45, 7) is 13.6. The second-order valence-corrected chi connectivity index (χ2v) is 27.5. The lowest BCUT2D eigenvalue weighted by Gasteiger charge is -2.42. The third kappa shape index (κ3) is 7.69. The monoisotopic (exact) mass is 1030 g/mol. The lowest BCUT2D eigenvalue weighted by Crippen LogP contribution is -2.73. The number of benzene rings is 11. The van der Waals surface area contributed by atoms with Gasteiger partial charge >= 0.3 is 0 Å². The van der Waals surface area contributed by atoms with Gasteiger partial charge in [-0.25, -0.2) is 0 Å². The van der Waals surface area contributed by atoms with Crippen LogP contribution in [0.5, 0.6) is 0 Å². The smallest absolute Gasteiger partial charge is 0.249 e. The Morgan fingerprint density at radius 1 is 0.423 bits per heavy atom. The predicted octanol–water partition coefficient (Wildman–Crippen LogP) is 14.8. The Kier molecular flexibility index (Phi) is 11.5. The van der Waals surface area contributed by atoms with Crippen LogP contribution in [0.2, 0.25) is 0 Å². The van der Waals surface area contributed by atoms with E-state index in [0.717, 1.165) is 11.4 Å². The van der Waals surface area contributed by atoms with Crippen molar-refractivity contribution in [3.05, 3.63) is 271 Å². The lowest BCUT2D eigenvalue weighted by molar-refractivity contribution is 0.590. The van der Waals surface area contributed by atoms with Gasteiger partial charge in [-0.3, -0.25) is 0 Å². The summed E-state index contributed by atoms with van der Waals surface area (Å²) in [6.07, 6.45) is 0. The van der Waals surface area contributed by atoms with Crippen LogP contribution in [0, 0.1) is 20.8 Å². The summed E-state index contributed by atoms with van der Waals surface area (Å²) in [7, 11) is -2.88. The third-order valence-corrected chi connectivity index (χ3v) is 22.8. The quantitative estimate of drug-likeness (QED) is 0.140. The number of anilines is 6. The average Bonchev–Trinajstić information content (AvgIpc) is 3.61. The van der Waals surface area contributed by atoms with Gasteiger partial charge in [0.25, 0.3) is 0 Å². The number of nitrogens with zero attached hydrogens (tertiary/aromatic N) is 2. The minimum absolute atomic E-state index is 0.0376. The summed E-state index contributed by atoms with van der Waals surface area (Å²) in [5, 5.41) is 5.72. The van der Waals surface area contributed by atoms with E-state index in [1.807, 2.05) is 11.8 Å². The van der Waals surface area contributed by atoms with Crippen molar-refractivity contribution in [3.63, 3.8) is 0 Å². The first-order valence-corrected chi connectivity index (χ1v) is 30.2. The van der Waals surface area contributed by atoms with E-state index in [1.165, 1.54) is 125 Å². The van der Waals surface area contributed by atoms with Crippen molar-refractivity contribution >= 4 is 97.8 Å². The molecule has 374 valence electrons. The van der Waals surface area contributed by atoms with Crippen molar-refractivity contribution in [3.8, 4) is 33.4 Å². The van der Waals surface area contributed by atoms with Crippen molar-refractivity contribution < 1.29 is 0 Å². The molecule has 0 aromatic heterocycles. The summed E-state index contributed by atoms with van der Waals surface area (Å²) in [4.78, 5) is 7.73. The highest BCUT2D eigenvalue weighted by Crippen LogP contribution is 2.49. The van der Waals surface area contributed by atoms with Crippen LogP contribution >= 0.6 is 11.8 Å². The van der Waals surface area contributed by atoms with Crippen LogP contribution in [0.25, 0.3) is 33.4 Å². The molecule has 0 spiro atoms. The van der Waals surface area contributed by atoms with E-state index >= 15 is 0 Å². The van der Waals surface area contributed by atoms with Gasteiger partial charge in [0.2, 0.25) is 6.71 Å². The second-order valence-electron chi connectivity index (χ2n) is 22.7. The molecule has 0 fully saturated rings. The molecule has 0 saturated heterocycles. The van der Waals surface area contributed by atoms with Gasteiger partial charge in [-0.15, -0.1) is 0 Å². The summed E-state index contributed by atoms with van der Waals surface area (Å²) < 4.78 is 0. The first kappa shape index (κ1) is 48.1. The topological polar surface area (TPSA) is 6.48 Å². The largest absolute Gasteiger partial charge is 0.311 e. The van der Waals surface area contributed by atoms with Crippen molar-refractivity contribution in [1.82, 2.24) is 0 Å². The fourth-order valence-corrected chi connectivity index (χ4v) is 19.5. The Bertz CT molecular complexity index is 4090. The van der Waals surface area contributed by atoms with Gasteiger partial charge in [0, 0.05) is 43.8 Å². The molecule has 0 unspecified atom stereocenters. The van der Waals surface area contributed by atoms with E-state index < -0.39 is 8.07 Å². The van der Waals surface area contributed by atoms with Gasteiger partial charge in [0.15, 0.2) is 8.07 Å². The maximum atomic E-state index is 2.71. The highest BCUT2D eigenvalue weighted by atomic mass is 32.2. The van der Waals surface area contributed by atoms with Crippen molar-refractivity contribution in [1.29, 1.82) is 0 Å². The molecule has 14 rings (SSSR count). The summed E-state index contributed by atoms with van der Waals surface area (Å²) in [6, 6.07) is 94.9.